The van der Waals surface area contributed by atoms with Gasteiger partial charge in [0.15, 0.2) is 0 Å². The maximum Gasteiger partial charge on any atom is 0.322 e. The van der Waals surface area contributed by atoms with Crippen LogP contribution in [0.4, 0.5) is 14.9 Å². The monoisotopic (exact) mass is 381 g/mol. The van der Waals surface area contributed by atoms with Crippen molar-refractivity contribution in [3.05, 3.63) is 66.0 Å². The first-order valence-corrected chi connectivity index (χ1v) is 9.81. The van der Waals surface area contributed by atoms with Crippen LogP contribution in [-0.2, 0) is 0 Å². The van der Waals surface area contributed by atoms with Gasteiger partial charge in [-0.2, -0.15) is 0 Å². The van der Waals surface area contributed by atoms with Crippen LogP contribution in [0.2, 0.25) is 0 Å². The van der Waals surface area contributed by atoms with Crippen molar-refractivity contribution in [3.63, 3.8) is 0 Å². The Labute approximate surface area is 163 Å². The molecule has 6 heteroatoms. The summed E-state index contributed by atoms with van der Waals surface area (Å²) in [5.74, 6) is -0.443. The van der Waals surface area contributed by atoms with Gasteiger partial charge in [-0.3, -0.25) is 4.79 Å². The second-order valence-electron chi connectivity index (χ2n) is 7.59. The highest BCUT2D eigenvalue weighted by Gasteiger charge is 2.41. The number of fused-ring (bicyclic) bond motifs is 2. The van der Waals surface area contributed by atoms with Crippen molar-refractivity contribution in [3.8, 4) is 0 Å². The van der Waals surface area contributed by atoms with Gasteiger partial charge in [0.1, 0.15) is 5.82 Å². The Balaban J connectivity index is 1.42. The summed E-state index contributed by atoms with van der Waals surface area (Å²) < 4.78 is 13.4. The summed E-state index contributed by atoms with van der Waals surface area (Å²) in [5.41, 5.74) is 1.11. The van der Waals surface area contributed by atoms with Crippen molar-refractivity contribution in [2.45, 2.75) is 50.2 Å². The highest BCUT2D eigenvalue weighted by Crippen LogP contribution is 2.34. The van der Waals surface area contributed by atoms with Crippen LogP contribution < -0.4 is 10.6 Å². The maximum atomic E-state index is 13.4. The zero-order chi connectivity index (χ0) is 19.5. The lowest BCUT2D eigenvalue weighted by Crippen LogP contribution is -2.59. The molecule has 2 aromatic carbocycles. The number of carbonyl (C=O) groups is 2. The summed E-state index contributed by atoms with van der Waals surface area (Å²) in [6, 6.07) is 15.2. The molecule has 2 aliphatic heterocycles. The van der Waals surface area contributed by atoms with Crippen LogP contribution in [0.5, 0.6) is 0 Å². The maximum absolute atomic E-state index is 13.4. The number of anilines is 1. The highest BCUT2D eigenvalue weighted by atomic mass is 19.1. The van der Waals surface area contributed by atoms with Crippen LogP contribution in [0.25, 0.3) is 0 Å². The minimum Gasteiger partial charge on any atom is -0.349 e. The van der Waals surface area contributed by atoms with Crippen LogP contribution in [0.3, 0.4) is 0 Å². The van der Waals surface area contributed by atoms with E-state index < -0.39 is 0 Å². The van der Waals surface area contributed by atoms with Crippen LogP contribution in [0.15, 0.2) is 54.6 Å². The number of nitrogens with zero attached hydrogens (tertiary/aromatic N) is 1. The molecular weight excluding hydrogens is 357 g/mol. The summed E-state index contributed by atoms with van der Waals surface area (Å²) in [6.45, 7) is 0. The summed E-state index contributed by atoms with van der Waals surface area (Å²) in [5, 5.41) is 5.96. The topological polar surface area (TPSA) is 61.4 Å². The van der Waals surface area contributed by atoms with Gasteiger partial charge in [0.25, 0.3) is 5.91 Å². The molecule has 0 radical (unpaired) electrons. The number of benzene rings is 2. The Bertz CT molecular complexity index is 844. The molecule has 5 nitrogen and oxygen atoms in total. The van der Waals surface area contributed by atoms with Gasteiger partial charge in [-0.25, -0.2) is 9.18 Å². The molecule has 2 fully saturated rings. The summed E-state index contributed by atoms with van der Waals surface area (Å²) >= 11 is 0. The van der Waals surface area contributed by atoms with Crippen LogP contribution >= 0.6 is 0 Å². The fraction of sp³-hybridized carbons (Fsp3) is 0.364. The first kappa shape index (κ1) is 18.5. The molecular formula is C22H24FN3O2. The molecule has 2 N–H and O–H groups in total. The third-order valence-electron chi connectivity index (χ3n) is 5.66. The number of amides is 3. The first-order valence-electron chi connectivity index (χ1n) is 9.81. The predicted octanol–water partition coefficient (Wildman–Crippen LogP) is 4.17. The lowest BCUT2D eigenvalue weighted by Gasteiger charge is -2.48. The molecule has 2 saturated heterocycles. The van der Waals surface area contributed by atoms with Crippen LogP contribution in [0.1, 0.15) is 42.5 Å². The Kier molecular flexibility index (Phi) is 5.28. The van der Waals surface area contributed by atoms with Crippen molar-refractivity contribution in [2.24, 2.45) is 0 Å². The van der Waals surface area contributed by atoms with E-state index in [1.807, 2.05) is 23.1 Å². The molecule has 2 heterocycles. The molecule has 0 aromatic heterocycles. The Hall–Kier alpha value is -2.89. The van der Waals surface area contributed by atoms with Crippen molar-refractivity contribution in [1.29, 1.82) is 0 Å². The minimum atomic E-state index is -0.375. The minimum absolute atomic E-state index is 0.0567. The fourth-order valence-electron chi connectivity index (χ4n) is 4.44. The molecule has 2 aromatic rings. The van der Waals surface area contributed by atoms with Gasteiger partial charge in [0.05, 0.1) is 0 Å². The van der Waals surface area contributed by atoms with Gasteiger partial charge in [-0.05, 0) is 62.4 Å². The largest absolute Gasteiger partial charge is 0.349 e. The molecule has 28 heavy (non-hydrogen) atoms. The third-order valence-corrected chi connectivity index (χ3v) is 5.66. The third kappa shape index (κ3) is 4.01. The number of nitrogens with one attached hydrogen (secondary N) is 2. The van der Waals surface area contributed by atoms with Crippen LogP contribution in [-0.4, -0.2) is 35.0 Å². The average molecular weight is 381 g/mol. The van der Waals surface area contributed by atoms with Crippen molar-refractivity contribution < 1.29 is 14.0 Å². The molecule has 2 atom stereocenters. The zero-order valence-electron chi connectivity index (χ0n) is 15.6. The number of hydrogen-bond acceptors (Lipinski definition) is 2. The summed E-state index contributed by atoms with van der Waals surface area (Å²) in [6.07, 6.45) is 4.41. The molecule has 4 rings (SSSR count). The SMILES string of the molecule is O=C(NC1C[C@@H]2CCC[C@@H](C1)N2C(=O)Nc1cccc(F)c1)c1ccccc1. The summed E-state index contributed by atoms with van der Waals surface area (Å²) in [7, 11) is 0. The number of piperidine rings is 2. The normalized spacial score (nSPS) is 23.8. The number of urea groups is 1. The number of hydrogen-bond donors (Lipinski definition) is 2. The zero-order valence-corrected chi connectivity index (χ0v) is 15.6. The molecule has 0 unspecified atom stereocenters. The van der Waals surface area contributed by atoms with E-state index in [-0.39, 0.29) is 35.9 Å². The molecule has 146 valence electrons. The molecule has 0 spiro atoms. The quantitative estimate of drug-likeness (QED) is 0.838. The van der Waals surface area contributed by atoms with E-state index in [1.165, 1.54) is 12.1 Å². The molecule has 0 aliphatic carbocycles. The molecule has 2 aliphatic rings. The average Bonchev–Trinajstić information content (AvgIpc) is 2.68. The van der Waals surface area contributed by atoms with Crippen molar-refractivity contribution in [2.75, 3.05) is 5.32 Å². The Morgan fingerprint density at radius 2 is 1.68 bits per heavy atom. The standard InChI is InChI=1S/C22H24FN3O2/c23-16-8-4-9-17(12-16)25-22(28)26-19-10-5-11-20(26)14-18(13-19)24-21(27)15-6-2-1-3-7-15/h1-4,6-9,12,18-20H,5,10-11,13-14H2,(H,24,27)(H,25,28)/t19-,20-/m0/s1. The van der Waals surface area contributed by atoms with Gasteiger partial charge in [-0.1, -0.05) is 24.3 Å². The van der Waals surface area contributed by atoms with Gasteiger partial charge >= 0.3 is 6.03 Å². The van der Waals surface area contributed by atoms with E-state index in [0.717, 1.165) is 32.1 Å². The van der Waals surface area contributed by atoms with E-state index in [1.54, 1.807) is 24.3 Å². The number of carbonyl (C=O) groups excluding carboxylic acids is 2. The Morgan fingerprint density at radius 3 is 2.36 bits per heavy atom. The van der Waals surface area contributed by atoms with Crippen molar-refractivity contribution in [1.82, 2.24) is 10.2 Å². The number of halogens is 1. The van der Waals surface area contributed by atoms with Crippen molar-refractivity contribution >= 4 is 17.6 Å². The van der Waals surface area contributed by atoms with Gasteiger partial charge in [-0.15, -0.1) is 0 Å². The van der Waals surface area contributed by atoms with E-state index in [4.69, 9.17) is 0 Å². The lowest BCUT2D eigenvalue weighted by molar-refractivity contribution is 0.0577. The van der Waals surface area contributed by atoms with E-state index in [9.17, 15) is 14.0 Å². The van der Waals surface area contributed by atoms with Gasteiger partial charge in [0, 0.05) is 29.4 Å². The van der Waals surface area contributed by atoms with Crippen LogP contribution in [0, 0.1) is 5.82 Å². The van der Waals surface area contributed by atoms with Gasteiger partial charge in [0.2, 0.25) is 0 Å². The second kappa shape index (κ2) is 8.00. The van der Waals surface area contributed by atoms with E-state index in [2.05, 4.69) is 10.6 Å². The van der Waals surface area contributed by atoms with Gasteiger partial charge < -0.3 is 15.5 Å². The molecule has 0 saturated carbocycles. The number of rotatable bonds is 3. The first-order chi connectivity index (χ1) is 13.6. The highest BCUT2D eigenvalue weighted by molar-refractivity contribution is 5.94. The second-order valence-corrected chi connectivity index (χ2v) is 7.59. The molecule has 2 bridgehead atoms. The van der Waals surface area contributed by atoms with E-state index >= 15 is 0 Å². The lowest BCUT2D eigenvalue weighted by atomic mass is 9.82. The smallest absolute Gasteiger partial charge is 0.322 e. The fourth-order valence-corrected chi connectivity index (χ4v) is 4.44. The van der Waals surface area contributed by atoms with E-state index in [0.29, 0.717) is 11.3 Å². The molecule has 3 amide bonds. The summed E-state index contributed by atoms with van der Waals surface area (Å²) in [4.78, 5) is 27.2. The Morgan fingerprint density at radius 1 is 0.964 bits per heavy atom. The predicted molar refractivity (Wildman–Crippen MR) is 106 cm³/mol.